The van der Waals surface area contributed by atoms with E-state index in [4.69, 9.17) is 5.11 Å². The highest BCUT2D eigenvalue weighted by molar-refractivity contribution is 14.1. The molecule has 0 bridgehead atoms. The van der Waals surface area contributed by atoms with Gasteiger partial charge in [-0.3, -0.25) is 8.32 Å². The molecule has 0 aromatic heterocycles. The first kappa shape index (κ1) is 9.12. The van der Waals surface area contributed by atoms with Gasteiger partial charge in [-0.15, -0.1) is 0 Å². The van der Waals surface area contributed by atoms with Crippen LogP contribution in [0, 0.1) is 0 Å². The minimum absolute atomic E-state index is 0.00696. The van der Waals surface area contributed by atoms with Crippen LogP contribution in [-0.4, -0.2) is 30.7 Å². The van der Waals surface area contributed by atoms with E-state index in [1.54, 1.807) is 0 Å². The van der Waals surface area contributed by atoms with Gasteiger partial charge in [-0.25, -0.2) is 0 Å². The van der Waals surface area contributed by atoms with Crippen molar-refractivity contribution >= 4 is 28.8 Å². The number of amides is 1. The molecule has 54 valence electrons. The van der Waals surface area contributed by atoms with Crippen molar-refractivity contribution in [3.8, 4) is 0 Å². The molecule has 0 aliphatic heterocycles. The number of carbonyl (C=O) groups is 1. The summed E-state index contributed by atoms with van der Waals surface area (Å²) in [6.45, 7) is 0.616. The Morgan fingerprint density at radius 3 is 2.78 bits per heavy atom. The molecule has 0 aromatic carbocycles. The molecular weight excluding hydrogens is 235 g/mol. The van der Waals surface area contributed by atoms with Crippen LogP contribution in [0.5, 0.6) is 0 Å². The van der Waals surface area contributed by atoms with E-state index < -0.39 is 0 Å². The van der Waals surface area contributed by atoms with Crippen LogP contribution in [0.1, 0.15) is 0 Å². The topological polar surface area (TPSA) is 61.4 Å². The van der Waals surface area contributed by atoms with Crippen LogP contribution in [-0.2, 0) is 4.79 Å². The summed E-state index contributed by atoms with van der Waals surface area (Å²) < 4.78 is 2.65. The molecule has 0 saturated carbocycles. The van der Waals surface area contributed by atoms with Crippen LogP contribution < -0.4 is 8.85 Å². The molecule has 5 heteroatoms. The molecule has 3 N–H and O–H groups in total. The number of carbonyl (C=O) groups excluding carboxylic acids is 1. The van der Waals surface area contributed by atoms with Crippen LogP contribution >= 0.6 is 22.9 Å². The molecule has 0 radical (unpaired) electrons. The molecule has 0 rings (SSSR count). The number of halogens is 1. The second kappa shape index (κ2) is 6.24. The highest BCUT2D eigenvalue weighted by Crippen LogP contribution is 1.68. The molecule has 1 amide bonds. The third-order valence-electron chi connectivity index (χ3n) is 0.661. The van der Waals surface area contributed by atoms with E-state index in [0.29, 0.717) is 13.1 Å². The number of hydrogen-bond acceptors (Lipinski definition) is 3. The molecule has 0 heterocycles. The Balaban J connectivity index is 3.06. The van der Waals surface area contributed by atoms with Crippen molar-refractivity contribution in [2.75, 3.05) is 19.7 Å². The minimum atomic E-state index is -0.0987. The Morgan fingerprint density at radius 2 is 2.33 bits per heavy atom. The summed E-state index contributed by atoms with van der Waals surface area (Å²) in [5, 5.41) is 10.7. The molecule has 0 saturated heterocycles. The first-order valence-electron chi connectivity index (χ1n) is 2.52. The SMILES string of the molecule is O=C(CNI)NCCO. The predicted octanol–water partition coefficient (Wildman–Crippen LogP) is -0.966. The standard InChI is InChI=1S/C4H9IN2O2/c5-7-3-4(9)6-1-2-8/h7-8H,1-3H2,(H,6,9). The fourth-order valence-electron chi connectivity index (χ4n) is 0.319. The van der Waals surface area contributed by atoms with Gasteiger partial charge in [0, 0.05) is 29.4 Å². The number of nitrogens with one attached hydrogen (secondary N) is 2. The van der Waals surface area contributed by atoms with Crippen molar-refractivity contribution < 1.29 is 9.90 Å². The average Bonchev–Trinajstić information content (AvgIpc) is 1.85. The van der Waals surface area contributed by atoms with Gasteiger partial charge >= 0.3 is 0 Å². The Morgan fingerprint density at radius 1 is 1.67 bits per heavy atom. The van der Waals surface area contributed by atoms with E-state index >= 15 is 0 Å². The summed E-state index contributed by atoms with van der Waals surface area (Å²) in [5.74, 6) is -0.0987. The lowest BCUT2D eigenvalue weighted by atomic mass is 10.6. The van der Waals surface area contributed by atoms with E-state index in [1.165, 1.54) is 0 Å². The molecule has 4 nitrogen and oxygen atoms in total. The van der Waals surface area contributed by atoms with Crippen molar-refractivity contribution in [3.05, 3.63) is 0 Å². The summed E-state index contributed by atoms with van der Waals surface area (Å²) in [4.78, 5) is 10.5. The highest BCUT2D eigenvalue weighted by Gasteiger charge is 1.94. The predicted molar refractivity (Wildman–Crippen MR) is 42.1 cm³/mol. The van der Waals surface area contributed by atoms with Crippen molar-refractivity contribution in [1.29, 1.82) is 0 Å². The maximum absolute atomic E-state index is 10.5. The Labute approximate surface area is 67.5 Å². The van der Waals surface area contributed by atoms with Gasteiger partial charge in [-0.1, -0.05) is 0 Å². The molecule has 0 spiro atoms. The summed E-state index contributed by atoms with van der Waals surface area (Å²) in [7, 11) is 0. The maximum atomic E-state index is 10.5. The first-order valence-corrected chi connectivity index (χ1v) is 3.60. The van der Waals surface area contributed by atoms with Crippen LogP contribution in [0.15, 0.2) is 0 Å². The molecular formula is C4H9IN2O2. The van der Waals surface area contributed by atoms with Crippen LogP contribution in [0.3, 0.4) is 0 Å². The third-order valence-corrected chi connectivity index (χ3v) is 1.04. The van der Waals surface area contributed by atoms with E-state index in [1.807, 2.05) is 22.9 Å². The van der Waals surface area contributed by atoms with Gasteiger partial charge in [0.05, 0.1) is 13.2 Å². The number of hydrogen-bond donors (Lipinski definition) is 3. The minimum Gasteiger partial charge on any atom is -0.395 e. The number of rotatable bonds is 4. The van der Waals surface area contributed by atoms with Gasteiger partial charge < -0.3 is 10.4 Å². The Kier molecular flexibility index (Phi) is 6.33. The van der Waals surface area contributed by atoms with Crippen molar-refractivity contribution in [2.24, 2.45) is 0 Å². The average molecular weight is 244 g/mol. The zero-order valence-electron chi connectivity index (χ0n) is 4.85. The molecule has 0 atom stereocenters. The molecule has 0 fully saturated rings. The first-order chi connectivity index (χ1) is 4.31. The fourth-order valence-corrected chi connectivity index (χ4v) is 0.665. The van der Waals surface area contributed by atoms with Gasteiger partial charge in [0.25, 0.3) is 0 Å². The lowest BCUT2D eigenvalue weighted by Crippen LogP contribution is -2.32. The van der Waals surface area contributed by atoms with Crippen molar-refractivity contribution in [3.63, 3.8) is 0 Å². The van der Waals surface area contributed by atoms with Crippen LogP contribution in [0.4, 0.5) is 0 Å². The largest absolute Gasteiger partial charge is 0.395 e. The van der Waals surface area contributed by atoms with Crippen LogP contribution in [0.25, 0.3) is 0 Å². The fraction of sp³-hybridized carbons (Fsp3) is 0.750. The zero-order chi connectivity index (χ0) is 7.11. The monoisotopic (exact) mass is 244 g/mol. The number of aliphatic hydroxyl groups is 1. The maximum Gasteiger partial charge on any atom is 0.234 e. The highest BCUT2D eigenvalue weighted by atomic mass is 127. The third kappa shape index (κ3) is 6.00. The van der Waals surface area contributed by atoms with Gasteiger partial charge in [-0.05, 0) is 0 Å². The Bertz CT molecular complexity index is 88.6. The van der Waals surface area contributed by atoms with E-state index in [9.17, 15) is 4.79 Å². The lowest BCUT2D eigenvalue weighted by molar-refractivity contribution is -0.120. The summed E-state index contributed by atoms with van der Waals surface area (Å²) >= 11 is 1.88. The zero-order valence-corrected chi connectivity index (χ0v) is 7.01. The van der Waals surface area contributed by atoms with Gasteiger partial charge in [-0.2, -0.15) is 0 Å². The summed E-state index contributed by atoms with van der Waals surface area (Å²) in [5.41, 5.74) is 0. The molecule has 0 aliphatic rings. The van der Waals surface area contributed by atoms with Gasteiger partial charge in [0.15, 0.2) is 0 Å². The Hall–Kier alpha value is 0.120. The second-order valence-electron chi connectivity index (χ2n) is 1.38. The lowest BCUT2D eigenvalue weighted by Gasteiger charge is -1.99. The number of aliphatic hydroxyl groups excluding tert-OH is 1. The molecule has 0 aromatic rings. The summed E-state index contributed by atoms with van der Waals surface area (Å²) in [6.07, 6.45) is 0. The quantitative estimate of drug-likeness (QED) is 0.440. The van der Waals surface area contributed by atoms with Gasteiger partial charge in [0.2, 0.25) is 5.91 Å². The smallest absolute Gasteiger partial charge is 0.234 e. The summed E-state index contributed by atoms with van der Waals surface area (Å²) in [6, 6.07) is 0. The van der Waals surface area contributed by atoms with Crippen LogP contribution in [0.2, 0.25) is 0 Å². The van der Waals surface area contributed by atoms with Crippen molar-refractivity contribution in [1.82, 2.24) is 8.85 Å². The normalized spacial score (nSPS) is 9.11. The molecule has 9 heavy (non-hydrogen) atoms. The molecule has 0 aliphatic carbocycles. The van der Waals surface area contributed by atoms with Gasteiger partial charge in [0.1, 0.15) is 0 Å². The van der Waals surface area contributed by atoms with E-state index in [-0.39, 0.29) is 12.5 Å². The van der Waals surface area contributed by atoms with E-state index in [0.717, 1.165) is 0 Å². The second-order valence-corrected chi connectivity index (χ2v) is 2.15. The van der Waals surface area contributed by atoms with Crippen molar-refractivity contribution in [2.45, 2.75) is 0 Å². The van der Waals surface area contributed by atoms with E-state index in [2.05, 4.69) is 8.85 Å². The molecule has 0 unspecified atom stereocenters.